The highest BCUT2D eigenvalue weighted by molar-refractivity contribution is 6.03. The number of hydrogen-bond donors (Lipinski definition) is 0. The summed E-state index contributed by atoms with van der Waals surface area (Å²) in [5.41, 5.74) is -0.699. The van der Waals surface area contributed by atoms with Gasteiger partial charge in [0.2, 0.25) is 0 Å². The number of carbonyl (C=O) groups excluding carboxylic acids is 1. The number of benzene rings is 2. The van der Waals surface area contributed by atoms with Crippen molar-refractivity contribution in [3.05, 3.63) is 59.3 Å². The van der Waals surface area contributed by atoms with E-state index in [1.807, 2.05) is 30.6 Å². The van der Waals surface area contributed by atoms with Crippen molar-refractivity contribution in [2.24, 2.45) is 5.41 Å². The van der Waals surface area contributed by atoms with Crippen LogP contribution in [0.25, 0.3) is 32.9 Å². The van der Waals surface area contributed by atoms with Gasteiger partial charge in [-0.3, -0.25) is 9.88 Å². The Hall–Kier alpha value is -5.20. The van der Waals surface area contributed by atoms with Crippen molar-refractivity contribution in [3.8, 4) is 35.4 Å². The topological polar surface area (TPSA) is 102 Å². The van der Waals surface area contributed by atoms with E-state index >= 15 is 8.78 Å². The van der Waals surface area contributed by atoms with Gasteiger partial charge in [-0.25, -0.2) is 13.6 Å². The summed E-state index contributed by atoms with van der Waals surface area (Å²) in [4.78, 5) is 33.5. The Labute approximate surface area is 334 Å². The first-order valence-electron chi connectivity index (χ1n) is 19.6. The molecule has 2 aromatic carbocycles. The van der Waals surface area contributed by atoms with Gasteiger partial charge >= 0.3 is 12.1 Å². The molecule has 2 aromatic heterocycles. The van der Waals surface area contributed by atoms with Crippen LogP contribution >= 0.6 is 0 Å². The largest absolute Gasteiger partial charge is 0.468 e. The van der Waals surface area contributed by atoms with Gasteiger partial charge < -0.3 is 28.7 Å². The minimum absolute atomic E-state index is 0.0347. The monoisotopic (exact) mass is 802 g/mol. The van der Waals surface area contributed by atoms with Gasteiger partial charge in [-0.1, -0.05) is 12.0 Å². The highest BCUT2D eigenvalue weighted by Gasteiger charge is 2.47. The SMILES string of the molecule is C#Cc1c(F)ccc2cc(OCOC)cc(-c3ncc4c(N5CC6CCC(C5)N6C(=O)OC(C)(C)C)nc(OCC5(CN6CCC(=C(F)F)CC6)CC5)nc4c3F)c12. The van der Waals surface area contributed by atoms with Gasteiger partial charge in [-0.05, 0) is 88.5 Å². The zero-order valence-corrected chi connectivity index (χ0v) is 33.0. The Bertz CT molecular complexity index is 2310. The predicted octanol–water partition coefficient (Wildman–Crippen LogP) is 8.08. The van der Waals surface area contributed by atoms with Crippen LogP contribution in [0.3, 0.4) is 0 Å². The maximum atomic E-state index is 17.3. The highest BCUT2D eigenvalue weighted by Crippen LogP contribution is 2.47. The van der Waals surface area contributed by atoms with Crippen LogP contribution in [0.1, 0.15) is 64.9 Å². The Morgan fingerprint density at radius 3 is 2.40 bits per heavy atom. The van der Waals surface area contributed by atoms with Crippen LogP contribution in [0.2, 0.25) is 0 Å². The van der Waals surface area contributed by atoms with Crippen molar-refractivity contribution in [1.29, 1.82) is 0 Å². The summed E-state index contributed by atoms with van der Waals surface area (Å²) in [5.74, 6) is 1.72. The van der Waals surface area contributed by atoms with Crippen LogP contribution in [-0.4, -0.2) is 102 Å². The Morgan fingerprint density at radius 1 is 1.03 bits per heavy atom. The fourth-order valence-electron chi connectivity index (χ4n) is 8.54. The molecule has 2 unspecified atom stereocenters. The summed E-state index contributed by atoms with van der Waals surface area (Å²) >= 11 is 0. The zero-order chi connectivity index (χ0) is 40.9. The number of pyridine rings is 1. The van der Waals surface area contributed by atoms with Crippen molar-refractivity contribution in [2.45, 2.75) is 77.0 Å². The third-order valence-electron chi connectivity index (χ3n) is 11.6. The molecule has 1 saturated carbocycles. The number of methoxy groups -OCH3 is 1. The molecule has 1 aliphatic carbocycles. The molecule has 0 radical (unpaired) electrons. The second kappa shape index (κ2) is 15.5. The van der Waals surface area contributed by atoms with E-state index in [4.69, 9.17) is 30.4 Å². The molecule has 4 aromatic rings. The van der Waals surface area contributed by atoms with Crippen LogP contribution in [0.15, 0.2) is 42.1 Å². The molecular weight excluding hydrogens is 757 g/mol. The van der Waals surface area contributed by atoms with E-state index in [9.17, 15) is 13.6 Å². The number of anilines is 1. The third-order valence-corrected chi connectivity index (χ3v) is 11.6. The summed E-state index contributed by atoms with van der Waals surface area (Å²) in [7, 11) is 1.47. The summed E-state index contributed by atoms with van der Waals surface area (Å²) in [5, 5.41) is 1.12. The lowest BCUT2D eigenvalue weighted by molar-refractivity contribution is 0.0122. The molecule has 3 saturated heterocycles. The predicted molar refractivity (Wildman–Crippen MR) is 210 cm³/mol. The van der Waals surface area contributed by atoms with Gasteiger partial charge in [0.05, 0.1) is 29.6 Å². The number of fused-ring (bicyclic) bond motifs is 4. The molecule has 1 amide bonds. The van der Waals surface area contributed by atoms with E-state index in [2.05, 4.69) is 20.8 Å². The minimum Gasteiger partial charge on any atom is -0.468 e. The molecule has 2 atom stereocenters. The van der Waals surface area contributed by atoms with E-state index in [1.165, 1.54) is 25.4 Å². The van der Waals surface area contributed by atoms with E-state index in [-0.39, 0.29) is 76.3 Å². The summed E-state index contributed by atoms with van der Waals surface area (Å²) in [6.07, 6.45) is 9.31. The van der Waals surface area contributed by atoms with Gasteiger partial charge in [-0.2, -0.15) is 18.7 Å². The maximum absolute atomic E-state index is 17.3. The van der Waals surface area contributed by atoms with E-state index in [1.54, 1.807) is 12.1 Å². The third kappa shape index (κ3) is 7.84. The van der Waals surface area contributed by atoms with Crippen LogP contribution in [0.4, 0.5) is 28.2 Å². The molecule has 4 aliphatic rings. The van der Waals surface area contributed by atoms with Crippen molar-refractivity contribution in [3.63, 3.8) is 0 Å². The number of ether oxygens (including phenoxy) is 4. The molecule has 8 rings (SSSR count). The van der Waals surface area contributed by atoms with Crippen LogP contribution in [0.5, 0.6) is 11.8 Å². The second-order valence-corrected chi connectivity index (χ2v) is 16.8. The number of rotatable bonds is 10. The average Bonchev–Trinajstić information content (AvgIpc) is 3.90. The van der Waals surface area contributed by atoms with Crippen molar-refractivity contribution in [1.82, 2.24) is 24.8 Å². The summed E-state index contributed by atoms with van der Waals surface area (Å²) < 4.78 is 81.9. The van der Waals surface area contributed by atoms with Crippen LogP contribution in [0, 0.1) is 29.4 Å². The molecule has 58 heavy (non-hydrogen) atoms. The minimum atomic E-state index is -1.58. The number of halogens is 4. The molecule has 5 heterocycles. The fourth-order valence-corrected chi connectivity index (χ4v) is 8.54. The Kier molecular flexibility index (Phi) is 10.6. The van der Waals surface area contributed by atoms with Crippen LogP contribution in [-0.2, 0) is 9.47 Å². The highest BCUT2D eigenvalue weighted by atomic mass is 19.3. The fraction of sp³-hybridized carbons (Fsp3) is 0.488. The first-order valence-corrected chi connectivity index (χ1v) is 19.6. The van der Waals surface area contributed by atoms with Gasteiger partial charge in [0.25, 0.3) is 6.08 Å². The first kappa shape index (κ1) is 39.6. The second-order valence-electron chi connectivity index (χ2n) is 16.8. The molecule has 4 fully saturated rings. The number of hydrogen-bond acceptors (Lipinski definition) is 10. The molecule has 15 heteroatoms. The standard InChI is InChI=1S/C43H46F4N6O5/c1-6-30-33(44)10-7-26-17-29(57-24-55-5)18-31(34(26)30)36-35(45)37-32(19-48-36)39(52-20-27-8-9-28(21-52)53(27)41(54)58-42(2,3)4)50-40(49-37)56-23-43(13-14-43)22-51-15-11-25(12-16-51)38(46)47/h1,7,10,17-19,27-28H,8-9,11-16,20-24H2,2-5H3. The summed E-state index contributed by atoms with van der Waals surface area (Å²) in [6.45, 7) is 8.25. The van der Waals surface area contributed by atoms with Gasteiger partial charge in [-0.15, -0.1) is 6.42 Å². The van der Waals surface area contributed by atoms with Crippen LogP contribution < -0.4 is 14.4 Å². The Balaban J connectivity index is 1.18. The lowest BCUT2D eigenvalue weighted by atomic mass is 9.95. The number of aromatic nitrogens is 3. The number of piperidine rings is 1. The molecule has 3 aliphatic heterocycles. The average molecular weight is 803 g/mol. The Morgan fingerprint density at radius 2 is 1.76 bits per heavy atom. The molecule has 306 valence electrons. The van der Waals surface area contributed by atoms with Gasteiger partial charge in [0.1, 0.15) is 34.2 Å². The first-order chi connectivity index (χ1) is 27.8. The lowest BCUT2D eigenvalue weighted by Crippen LogP contribution is -2.57. The summed E-state index contributed by atoms with van der Waals surface area (Å²) in [6, 6.07) is 5.63. The van der Waals surface area contributed by atoms with Crippen molar-refractivity contribution < 1.29 is 41.3 Å². The van der Waals surface area contributed by atoms with E-state index in [0.717, 1.165) is 25.7 Å². The number of terminal acetylenes is 1. The molecule has 11 nitrogen and oxygen atoms in total. The smallest absolute Gasteiger partial charge is 0.410 e. The molecular formula is C43H46F4N6O5. The number of carbonyl (C=O) groups is 1. The lowest BCUT2D eigenvalue weighted by Gasteiger charge is -2.42. The number of amides is 1. The zero-order valence-electron chi connectivity index (χ0n) is 33.0. The van der Waals surface area contributed by atoms with Gasteiger partial charge in [0.15, 0.2) is 12.6 Å². The normalized spacial score (nSPS) is 20.4. The number of piperazine rings is 1. The van der Waals surface area contributed by atoms with E-state index < -0.39 is 23.3 Å². The van der Waals surface area contributed by atoms with Gasteiger partial charge in [0, 0.05) is 62.4 Å². The maximum Gasteiger partial charge on any atom is 0.410 e. The molecule has 2 bridgehead atoms. The van der Waals surface area contributed by atoms with Crippen molar-refractivity contribution in [2.75, 3.05) is 58.1 Å². The molecule has 0 N–H and O–H groups in total. The number of nitrogens with zero attached hydrogens (tertiary/aromatic N) is 6. The number of likely N-dealkylation sites (tertiary alicyclic amines) is 1. The van der Waals surface area contributed by atoms with E-state index in [0.29, 0.717) is 67.9 Å². The van der Waals surface area contributed by atoms with Crippen molar-refractivity contribution >= 4 is 33.6 Å². The molecule has 0 spiro atoms. The quantitative estimate of drug-likeness (QED) is 0.0889.